The van der Waals surface area contributed by atoms with Gasteiger partial charge in [0, 0.05) is 11.8 Å². The van der Waals surface area contributed by atoms with Crippen molar-refractivity contribution in [2.75, 3.05) is 50.6 Å². The first-order valence-corrected chi connectivity index (χ1v) is 9.43. The van der Waals surface area contributed by atoms with Crippen molar-refractivity contribution >= 4 is 17.3 Å². The number of carbonyl (C=O) groups is 1. The fourth-order valence-electron chi connectivity index (χ4n) is 3.49. The highest BCUT2D eigenvalue weighted by atomic mass is 16.5. The van der Waals surface area contributed by atoms with Crippen LogP contribution < -0.4 is 24.6 Å². The van der Waals surface area contributed by atoms with Crippen molar-refractivity contribution in [1.29, 1.82) is 0 Å². The predicted octanol–water partition coefficient (Wildman–Crippen LogP) is 1.14. The summed E-state index contributed by atoms with van der Waals surface area (Å²) in [5, 5.41) is 12.4. The Bertz CT molecular complexity index is 802. The maximum absolute atomic E-state index is 12.8. The van der Waals surface area contributed by atoms with Gasteiger partial charge in [0.2, 0.25) is 0 Å². The van der Waals surface area contributed by atoms with E-state index >= 15 is 0 Å². The van der Waals surface area contributed by atoms with Crippen LogP contribution in [0.5, 0.6) is 17.2 Å². The lowest BCUT2D eigenvalue weighted by atomic mass is 10.2. The van der Waals surface area contributed by atoms with Crippen molar-refractivity contribution in [2.24, 2.45) is 0 Å². The zero-order valence-electron chi connectivity index (χ0n) is 16.6. The van der Waals surface area contributed by atoms with E-state index in [4.69, 9.17) is 9.47 Å². The van der Waals surface area contributed by atoms with Crippen molar-refractivity contribution < 1.29 is 24.3 Å². The van der Waals surface area contributed by atoms with E-state index in [1.54, 1.807) is 44.6 Å². The summed E-state index contributed by atoms with van der Waals surface area (Å²) in [5.74, 6) is 1.50. The summed E-state index contributed by atoms with van der Waals surface area (Å²) in [6.07, 6.45) is 0. The summed E-state index contributed by atoms with van der Waals surface area (Å²) in [6, 6.07) is 12.4. The number of amides is 1. The van der Waals surface area contributed by atoms with Gasteiger partial charge in [-0.3, -0.25) is 4.79 Å². The number of methoxy groups -OCH3 is 2. The molecule has 1 amide bonds. The van der Waals surface area contributed by atoms with Crippen LogP contribution in [0, 0.1) is 0 Å². The summed E-state index contributed by atoms with van der Waals surface area (Å²) in [6.45, 7) is 5.41. The van der Waals surface area contributed by atoms with Crippen molar-refractivity contribution in [1.82, 2.24) is 0 Å². The van der Waals surface area contributed by atoms with Crippen molar-refractivity contribution in [3.05, 3.63) is 42.5 Å². The van der Waals surface area contributed by atoms with Crippen LogP contribution in [0.15, 0.2) is 42.5 Å². The van der Waals surface area contributed by atoms with Crippen LogP contribution >= 0.6 is 0 Å². The van der Waals surface area contributed by atoms with Crippen LogP contribution in [0.3, 0.4) is 0 Å². The van der Waals surface area contributed by atoms with E-state index in [0.717, 1.165) is 31.9 Å². The Kier molecular flexibility index (Phi) is 6.26. The molecule has 7 heteroatoms. The van der Waals surface area contributed by atoms with Gasteiger partial charge < -0.3 is 29.7 Å². The van der Waals surface area contributed by atoms with E-state index in [9.17, 15) is 9.90 Å². The molecule has 0 unspecified atom stereocenters. The average Bonchev–Trinajstić information content (AvgIpc) is 2.73. The van der Waals surface area contributed by atoms with Gasteiger partial charge in [-0.25, -0.2) is 0 Å². The molecule has 3 rings (SSSR count). The number of hydrogen-bond donors (Lipinski definition) is 3. The third-order valence-electron chi connectivity index (χ3n) is 5.29. The second-order valence-corrected chi connectivity index (χ2v) is 6.94. The van der Waals surface area contributed by atoms with Crippen LogP contribution in [0.1, 0.15) is 6.92 Å². The number of aromatic hydroxyl groups is 1. The molecule has 2 aromatic carbocycles. The third-order valence-corrected chi connectivity index (χ3v) is 5.29. The first-order chi connectivity index (χ1) is 13.5. The summed E-state index contributed by atoms with van der Waals surface area (Å²) in [5.41, 5.74) is 1.70. The largest absolute Gasteiger partial charge is 0.508 e. The topological polar surface area (TPSA) is 75.5 Å². The SMILES string of the molecule is COc1ccc(OC)c(NC(=O)[C@@H](C)[NH+]2CCN(c3ccc(O)cc3)CC2)c1. The van der Waals surface area contributed by atoms with Gasteiger partial charge in [-0.05, 0) is 43.3 Å². The van der Waals surface area contributed by atoms with Crippen LogP contribution in [0.25, 0.3) is 0 Å². The number of quaternary nitrogens is 1. The molecule has 0 aromatic heterocycles. The smallest absolute Gasteiger partial charge is 0.282 e. The minimum Gasteiger partial charge on any atom is -0.508 e. The van der Waals surface area contributed by atoms with Crippen LogP contribution in [-0.4, -0.2) is 57.5 Å². The molecule has 1 atom stereocenters. The van der Waals surface area contributed by atoms with Gasteiger partial charge in [-0.1, -0.05) is 0 Å². The summed E-state index contributed by atoms with van der Waals surface area (Å²) >= 11 is 0. The Balaban J connectivity index is 1.59. The van der Waals surface area contributed by atoms with E-state index in [1.165, 1.54) is 4.90 Å². The average molecular weight is 386 g/mol. The maximum atomic E-state index is 12.8. The van der Waals surface area contributed by atoms with Crippen LogP contribution in [-0.2, 0) is 4.79 Å². The first-order valence-electron chi connectivity index (χ1n) is 9.43. The number of anilines is 2. The Morgan fingerprint density at radius 2 is 1.79 bits per heavy atom. The van der Waals surface area contributed by atoms with Gasteiger partial charge >= 0.3 is 0 Å². The Morgan fingerprint density at radius 3 is 2.39 bits per heavy atom. The summed E-state index contributed by atoms with van der Waals surface area (Å²) in [4.78, 5) is 16.3. The van der Waals surface area contributed by atoms with E-state index in [1.807, 2.05) is 19.1 Å². The lowest BCUT2D eigenvalue weighted by Crippen LogP contribution is -3.19. The second kappa shape index (κ2) is 8.84. The normalized spacial score (nSPS) is 15.8. The first kappa shape index (κ1) is 19.8. The molecular weight excluding hydrogens is 358 g/mol. The Morgan fingerprint density at radius 1 is 1.11 bits per heavy atom. The Labute approximate surface area is 165 Å². The van der Waals surface area contributed by atoms with Gasteiger partial charge in [0.25, 0.3) is 5.91 Å². The molecule has 0 radical (unpaired) electrons. The van der Waals surface area contributed by atoms with Gasteiger partial charge in [-0.2, -0.15) is 0 Å². The fourth-order valence-corrected chi connectivity index (χ4v) is 3.49. The van der Waals surface area contributed by atoms with Gasteiger partial charge in [0.1, 0.15) is 17.2 Å². The minimum atomic E-state index is -0.183. The minimum absolute atomic E-state index is 0.0420. The fraction of sp³-hybridized carbons (Fsp3) is 0.381. The molecule has 2 aromatic rings. The second-order valence-electron chi connectivity index (χ2n) is 6.94. The number of hydrogen-bond acceptors (Lipinski definition) is 5. The lowest BCUT2D eigenvalue weighted by Gasteiger charge is -2.36. The number of piperazine rings is 1. The molecule has 1 aliphatic heterocycles. The number of ether oxygens (including phenoxy) is 2. The molecule has 150 valence electrons. The van der Waals surface area contributed by atoms with Crippen molar-refractivity contribution in [2.45, 2.75) is 13.0 Å². The molecule has 1 aliphatic rings. The highest BCUT2D eigenvalue weighted by Crippen LogP contribution is 2.28. The van der Waals surface area contributed by atoms with E-state index in [-0.39, 0.29) is 17.7 Å². The van der Waals surface area contributed by atoms with Gasteiger partial charge in [0.15, 0.2) is 6.04 Å². The van der Waals surface area contributed by atoms with Crippen LogP contribution in [0.4, 0.5) is 11.4 Å². The monoisotopic (exact) mass is 386 g/mol. The molecule has 3 N–H and O–H groups in total. The summed E-state index contributed by atoms with van der Waals surface area (Å²) < 4.78 is 10.6. The van der Waals surface area contributed by atoms with Crippen molar-refractivity contribution in [3.8, 4) is 17.2 Å². The Hall–Kier alpha value is -2.93. The predicted molar refractivity (Wildman–Crippen MR) is 109 cm³/mol. The molecule has 0 aliphatic carbocycles. The molecule has 0 saturated carbocycles. The zero-order valence-corrected chi connectivity index (χ0v) is 16.6. The number of phenols is 1. The van der Waals surface area contributed by atoms with Gasteiger partial charge in [-0.15, -0.1) is 0 Å². The van der Waals surface area contributed by atoms with E-state index in [2.05, 4.69) is 10.2 Å². The van der Waals surface area contributed by atoms with Crippen LogP contribution in [0.2, 0.25) is 0 Å². The van der Waals surface area contributed by atoms with Gasteiger partial charge in [0.05, 0.1) is 46.1 Å². The lowest BCUT2D eigenvalue weighted by molar-refractivity contribution is -0.914. The molecule has 1 heterocycles. The third kappa shape index (κ3) is 4.48. The number of rotatable bonds is 6. The van der Waals surface area contributed by atoms with E-state index in [0.29, 0.717) is 17.2 Å². The summed E-state index contributed by atoms with van der Waals surface area (Å²) in [7, 11) is 3.17. The zero-order chi connectivity index (χ0) is 20.1. The number of carbonyl (C=O) groups excluding carboxylic acids is 1. The standard InChI is InChI=1S/C21H27N3O4/c1-15(21(26)22-19-14-18(27-2)8-9-20(19)28-3)23-10-12-24(13-11-23)16-4-6-17(25)7-5-16/h4-9,14-15,25H,10-13H2,1-3H3,(H,22,26)/p+1/t15-/m1/s1. The highest BCUT2D eigenvalue weighted by Gasteiger charge is 2.29. The number of nitrogens with zero attached hydrogens (tertiary/aromatic N) is 1. The quantitative estimate of drug-likeness (QED) is 0.694. The molecule has 1 saturated heterocycles. The molecule has 1 fully saturated rings. The molecule has 0 spiro atoms. The maximum Gasteiger partial charge on any atom is 0.282 e. The molecule has 0 bridgehead atoms. The number of nitrogens with one attached hydrogen (secondary N) is 2. The molecule has 28 heavy (non-hydrogen) atoms. The van der Waals surface area contributed by atoms with Crippen molar-refractivity contribution in [3.63, 3.8) is 0 Å². The highest BCUT2D eigenvalue weighted by molar-refractivity contribution is 5.95. The number of phenolic OH excluding ortho intramolecular Hbond substituents is 1. The number of benzene rings is 2. The van der Waals surface area contributed by atoms with E-state index < -0.39 is 0 Å². The molecular formula is C21H28N3O4+. The molecule has 7 nitrogen and oxygen atoms in total.